The Morgan fingerprint density at radius 2 is 1.91 bits per heavy atom. The average Bonchev–Trinajstić information content (AvgIpc) is 3.23. The molecule has 0 aromatic carbocycles. The smallest absolute Gasteiger partial charge is 0.427 e. The zero-order chi connectivity index (χ0) is 22.9. The minimum Gasteiger partial charge on any atom is -0.427 e. The summed E-state index contributed by atoms with van der Waals surface area (Å²) >= 11 is 1.52. The Bertz CT molecular complexity index is 869. The monoisotopic (exact) mass is 463 g/mol. The number of thiazole rings is 1. The lowest BCUT2D eigenvalue weighted by Gasteiger charge is -2.40. The Morgan fingerprint density at radius 1 is 1.16 bits per heavy atom. The molecule has 1 aliphatic carbocycles. The molecular formula is C23H33N3O5S. The van der Waals surface area contributed by atoms with E-state index in [4.69, 9.17) is 9.57 Å². The van der Waals surface area contributed by atoms with E-state index in [9.17, 15) is 14.7 Å². The lowest BCUT2D eigenvalue weighted by Crippen LogP contribution is -2.45. The molecule has 8 nitrogen and oxygen atoms in total. The average molecular weight is 464 g/mol. The van der Waals surface area contributed by atoms with Crippen LogP contribution in [0, 0.1) is 5.92 Å². The molecule has 2 aliphatic heterocycles. The number of carbonyl (C=O) groups is 2. The summed E-state index contributed by atoms with van der Waals surface area (Å²) in [5.41, 5.74) is 0.875. The van der Waals surface area contributed by atoms with Gasteiger partial charge in [0.1, 0.15) is 11.3 Å². The van der Waals surface area contributed by atoms with Crippen LogP contribution >= 0.6 is 11.3 Å². The number of hydrogen-bond acceptors (Lipinski definition) is 8. The summed E-state index contributed by atoms with van der Waals surface area (Å²) < 4.78 is 5.21. The molecule has 1 amide bonds. The summed E-state index contributed by atoms with van der Waals surface area (Å²) in [7, 11) is 0. The first kappa shape index (κ1) is 23.2. The third-order valence-corrected chi connectivity index (χ3v) is 7.27. The minimum absolute atomic E-state index is 0.0638. The molecule has 3 aliphatic rings. The molecule has 2 saturated heterocycles. The number of allylic oxidation sites excluding steroid dienone is 1. The molecule has 176 valence electrons. The van der Waals surface area contributed by atoms with Crippen LogP contribution in [0.25, 0.3) is 0 Å². The van der Waals surface area contributed by atoms with Crippen molar-refractivity contribution in [3.63, 3.8) is 0 Å². The Balaban J connectivity index is 1.34. The zero-order valence-corrected chi connectivity index (χ0v) is 19.9. The highest BCUT2D eigenvalue weighted by Crippen LogP contribution is 2.37. The molecular weight excluding hydrogens is 430 g/mol. The number of amides is 1. The van der Waals surface area contributed by atoms with Crippen molar-refractivity contribution in [3.05, 3.63) is 27.9 Å². The molecule has 0 radical (unpaired) electrons. The molecule has 3 heterocycles. The normalized spacial score (nSPS) is 25.1. The van der Waals surface area contributed by atoms with Crippen molar-refractivity contribution in [2.24, 2.45) is 5.92 Å². The summed E-state index contributed by atoms with van der Waals surface area (Å²) in [5.74, 6) is 0.238. The fourth-order valence-electron chi connectivity index (χ4n) is 4.68. The quantitative estimate of drug-likeness (QED) is 0.675. The van der Waals surface area contributed by atoms with E-state index < -0.39 is 11.8 Å². The zero-order valence-electron chi connectivity index (χ0n) is 19.1. The highest BCUT2D eigenvalue weighted by atomic mass is 32.1. The van der Waals surface area contributed by atoms with Gasteiger partial charge in [-0.2, -0.15) is 0 Å². The van der Waals surface area contributed by atoms with Gasteiger partial charge in [0.2, 0.25) is 0 Å². The standard InChI is InChI=1S/C23H33N3O5S/c1-23(2,3)30-22(29)31-25-11-8-15(9-12-25)20-24-17(14-32-20)21(28)26-13-10-19(27)16-6-4-5-7-18(16)26/h7,14-16,19,27H,4-6,8-13H2,1-3H3. The molecule has 2 atom stereocenters. The predicted molar refractivity (Wildman–Crippen MR) is 120 cm³/mol. The van der Waals surface area contributed by atoms with Gasteiger partial charge in [-0.05, 0) is 59.3 Å². The molecule has 0 spiro atoms. The van der Waals surface area contributed by atoms with E-state index in [1.807, 2.05) is 10.3 Å². The van der Waals surface area contributed by atoms with Crippen molar-refractivity contribution in [1.82, 2.24) is 14.9 Å². The number of ether oxygens (including phenoxy) is 1. The fraction of sp³-hybridized carbons (Fsp3) is 0.696. The first-order chi connectivity index (χ1) is 15.2. The predicted octanol–water partition coefficient (Wildman–Crippen LogP) is 4.08. The molecule has 1 aromatic heterocycles. The maximum absolute atomic E-state index is 13.2. The lowest BCUT2D eigenvalue weighted by atomic mass is 9.82. The van der Waals surface area contributed by atoms with Gasteiger partial charge in [0, 0.05) is 42.5 Å². The van der Waals surface area contributed by atoms with Gasteiger partial charge in [-0.25, -0.2) is 9.78 Å². The van der Waals surface area contributed by atoms with Crippen LogP contribution in [0.4, 0.5) is 4.79 Å². The number of piperidine rings is 2. The third-order valence-electron chi connectivity index (χ3n) is 6.26. The lowest BCUT2D eigenvalue weighted by molar-refractivity contribution is -0.152. The number of aliphatic hydroxyl groups excluding tert-OH is 1. The maximum atomic E-state index is 13.2. The van der Waals surface area contributed by atoms with Gasteiger partial charge in [-0.15, -0.1) is 16.4 Å². The highest BCUT2D eigenvalue weighted by molar-refractivity contribution is 7.09. The second-order valence-electron chi connectivity index (χ2n) is 9.81. The Labute approximate surface area is 193 Å². The number of hydroxylamine groups is 2. The number of aromatic nitrogens is 1. The van der Waals surface area contributed by atoms with Crippen LogP contribution in [0.1, 0.15) is 80.7 Å². The second kappa shape index (κ2) is 9.49. The van der Waals surface area contributed by atoms with Gasteiger partial charge in [0.05, 0.1) is 11.1 Å². The molecule has 2 unspecified atom stereocenters. The number of carbonyl (C=O) groups excluding carboxylic acids is 2. The van der Waals surface area contributed by atoms with Gasteiger partial charge in [-0.3, -0.25) is 4.79 Å². The van der Waals surface area contributed by atoms with Gasteiger partial charge < -0.3 is 19.6 Å². The Morgan fingerprint density at radius 3 is 2.62 bits per heavy atom. The van der Waals surface area contributed by atoms with Crippen LogP contribution in [0.15, 0.2) is 17.2 Å². The van der Waals surface area contributed by atoms with E-state index in [-0.39, 0.29) is 23.8 Å². The van der Waals surface area contributed by atoms with Crippen molar-refractivity contribution < 1.29 is 24.3 Å². The summed E-state index contributed by atoms with van der Waals surface area (Å²) in [6.45, 7) is 7.16. The molecule has 9 heteroatoms. The van der Waals surface area contributed by atoms with Crippen LogP contribution in [0.5, 0.6) is 0 Å². The van der Waals surface area contributed by atoms with Crippen LogP contribution in [0.3, 0.4) is 0 Å². The van der Waals surface area contributed by atoms with Crippen LogP contribution in [0.2, 0.25) is 0 Å². The van der Waals surface area contributed by atoms with Crippen molar-refractivity contribution in [3.8, 4) is 0 Å². The van der Waals surface area contributed by atoms with E-state index in [1.165, 1.54) is 11.3 Å². The van der Waals surface area contributed by atoms with E-state index in [2.05, 4.69) is 11.1 Å². The summed E-state index contributed by atoms with van der Waals surface area (Å²) in [6, 6.07) is 0. The van der Waals surface area contributed by atoms with Crippen molar-refractivity contribution in [2.75, 3.05) is 19.6 Å². The topological polar surface area (TPSA) is 92.2 Å². The van der Waals surface area contributed by atoms with E-state index in [0.717, 1.165) is 42.8 Å². The first-order valence-electron chi connectivity index (χ1n) is 11.5. The summed E-state index contributed by atoms with van der Waals surface area (Å²) in [6.07, 6.45) is 6.23. The number of hydrogen-bond donors (Lipinski definition) is 1. The molecule has 0 bridgehead atoms. The first-order valence-corrected chi connectivity index (χ1v) is 12.4. The molecule has 2 fully saturated rings. The van der Waals surface area contributed by atoms with E-state index in [1.54, 1.807) is 25.8 Å². The van der Waals surface area contributed by atoms with Crippen molar-refractivity contribution >= 4 is 23.4 Å². The van der Waals surface area contributed by atoms with Crippen LogP contribution in [-0.2, 0) is 9.57 Å². The van der Waals surface area contributed by atoms with Gasteiger partial charge in [-0.1, -0.05) is 6.08 Å². The molecule has 4 rings (SSSR count). The number of rotatable bonds is 3. The van der Waals surface area contributed by atoms with Gasteiger partial charge in [0.15, 0.2) is 0 Å². The third kappa shape index (κ3) is 5.32. The maximum Gasteiger partial charge on any atom is 0.528 e. The Hall–Kier alpha value is -1.97. The fourth-order valence-corrected chi connectivity index (χ4v) is 5.64. The van der Waals surface area contributed by atoms with Crippen LogP contribution in [-0.4, -0.2) is 63.5 Å². The summed E-state index contributed by atoms with van der Waals surface area (Å²) in [5, 5.41) is 14.8. The number of nitrogens with zero attached hydrogens (tertiary/aromatic N) is 3. The van der Waals surface area contributed by atoms with E-state index >= 15 is 0 Å². The Kier molecular flexibility index (Phi) is 6.88. The molecule has 32 heavy (non-hydrogen) atoms. The van der Waals surface area contributed by atoms with Gasteiger partial charge >= 0.3 is 6.16 Å². The minimum atomic E-state index is -0.681. The highest BCUT2D eigenvalue weighted by Gasteiger charge is 2.37. The molecule has 1 aromatic rings. The summed E-state index contributed by atoms with van der Waals surface area (Å²) in [4.78, 5) is 36.9. The number of fused-ring (bicyclic) bond motifs is 1. The number of likely N-dealkylation sites (tertiary alicyclic amines) is 1. The molecule has 0 saturated carbocycles. The second-order valence-corrected chi connectivity index (χ2v) is 10.7. The van der Waals surface area contributed by atoms with Crippen LogP contribution < -0.4 is 0 Å². The van der Waals surface area contributed by atoms with Crippen molar-refractivity contribution in [2.45, 2.75) is 76.9 Å². The largest absolute Gasteiger partial charge is 0.528 e. The van der Waals surface area contributed by atoms with Crippen molar-refractivity contribution in [1.29, 1.82) is 0 Å². The number of aliphatic hydroxyl groups is 1. The SMILES string of the molecule is CC(C)(C)OC(=O)ON1CCC(c2nc(C(=O)N3CCC(O)C4CCCC=C43)cs2)CC1. The van der Waals surface area contributed by atoms with Gasteiger partial charge in [0.25, 0.3) is 5.91 Å². The van der Waals surface area contributed by atoms with E-state index in [0.29, 0.717) is 31.7 Å². The molecule has 1 N–H and O–H groups in total.